The van der Waals surface area contributed by atoms with E-state index in [4.69, 9.17) is 4.74 Å². The molecule has 1 atom stereocenters. The number of nitrogens with zero attached hydrogens (tertiary/aromatic N) is 1. The number of halogens is 2. The average Bonchev–Trinajstić information content (AvgIpc) is 2.47. The van der Waals surface area contributed by atoms with E-state index in [0.29, 0.717) is 21.5 Å². The fraction of sp³-hybridized carbons (Fsp3) is 0.200. The number of carbonyl (C=O) groups is 1. The van der Waals surface area contributed by atoms with Gasteiger partial charge in [-0.05, 0) is 53.2 Å². The second kappa shape index (κ2) is 6.67. The molecule has 1 heterocycles. The van der Waals surface area contributed by atoms with Crippen molar-refractivity contribution < 1.29 is 13.9 Å². The van der Waals surface area contributed by atoms with Gasteiger partial charge in [0, 0.05) is 11.8 Å². The highest BCUT2D eigenvalue weighted by Crippen LogP contribution is 2.26. The Kier molecular flexibility index (Phi) is 4.90. The van der Waals surface area contributed by atoms with Gasteiger partial charge >= 0.3 is 0 Å². The summed E-state index contributed by atoms with van der Waals surface area (Å²) >= 11 is 3.23. The summed E-state index contributed by atoms with van der Waals surface area (Å²) in [6.07, 6.45) is 1.58. The van der Waals surface area contributed by atoms with Gasteiger partial charge in [-0.25, -0.2) is 9.37 Å². The van der Waals surface area contributed by atoms with Crippen LogP contribution in [0.2, 0.25) is 0 Å². The Hall–Kier alpha value is -1.95. The van der Waals surface area contributed by atoms with Crippen LogP contribution in [0.15, 0.2) is 41.1 Å². The topological polar surface area (TPSA) is 51.2 Å². The normalized spacial score (nSPS) is 11.8. The molecule has 0 radical (unpaired) electrons. The Labute approximate surface area is 130 Å². The first-order valence-electron chi connectivity index (χ1n) is 6.27. The van der Waals surface area contributed by atoms with Crippen LogP contribution >= 0.6 is 15.9 Å². The first-order chi connectivity index (χ1) is 10.0. The van der Waals surface area contributed by atoms with Crippen molar-refractivity contribution in [2.45, 2.75) is 13.0 Å². The zero-order valence-corrected chi connectivity index (χ0v) is 13.1. The number of carbonyl (C=O) groups excluding carboxylic acids is 1. The molecule has 0 fully saturated rings. The number of rotatable bonds is 4. The van der Waals surface area contributed by atoms with E-state index in [1.807, 2.05) is 0 Å². The van der Waals surface area contributed by atoms with E-state index in [1.54, 1.807) is 25.3 Å². The molecule has 2 aromatic rings. The monoisotopic (exact) mass is 352 g/mol. The van der Waals surface area contributed by atoms with Crippen LogP contribution in [0.3, 0.4) is 0 Å². The minimum atomic E-state index is -0.407. The van der Waals surface area contributed by atoms with E-state index >= 15 is 0 Å². The molecule has 1 aromatic heterocycles. The fourth-order valence-corrected chi connectivity index (χ4v) is 2.38. The molecule has 0 saturated heterocycles. The van der Waals surface area contributed by atoms with Crippen molar-refractivity contribution in [2.24, 2.45) is 0 Å². The second-order valence-electron chi connectivity index (χ2n) is 4.42. The summed E-state index contributed by atoms with van der Waals surface area (Å²) < 4.78 is 19.0. The van der Waals surface area contributed by atoms with Crippen LogP contribution in [-0.4, -0.2) is 18.0 Å². The molecule has 0 aliphatic rings. The first-order valence-corrected chi connectivity index (χ1v) is 7.07. The minimum absolute atomic E-state index is 0.297. The lowest BCUT2D eigenvalue weighted by Gasteiger charge is -2.17. The molecular formula is C15H14BrFN2O2. The van der Waals surface area contributed by atoms with Crippen molar-refractivity contribution in [3.05, 3.63) is 58.1 Å². The van der Waals surface area contributed by atoms with Gasteiger partial charge in [-0.1, -0.05) is 0 Å². The predicted molar refractivity (Wildman–Crippen MR) is 80.8 cm³/mol. The maximum absolute atomic E-state index is 13.4. The van der Waals surface area contributed by atoms with Crippen molar-refractivity contribution in [2.75, 3.05) is 7.11 Å². The molecule has 0 bridgehead atoms. The summed E-state index contributed by atoms with van der Waals surface area (Å²) in [5.74, 6) is -0.155. The Morgan fingerprint density at radius 3 is 2.86 bits per heavy atom. The second-order valence-corrected chi connectivity index (χ2v) is 5.17. The summed E-state index contributed by atoms with van der Waals surface area (Å²) in [6.45, 7) is 1.76. The zero-order valence-electron chi connectivity index (χ0n) is 11.6. The number of methoxy groups -OCH3 is 1. The number of benzene rings is 1. The van der Waals surface area contributed by atoms with E-state index < -0.39 is 6.04 Å². The van der Waals surface area contributed by atoms with Crippen LogP contribution in [0.5, 0.6) is 5.75 Å². The molecule has 1 amide bonds. The van der Waals surface area contributed by atoms with Crippen molar-refractivity contribution in [1.29, 1.82) is 0 Å². The van der Waals surface area contributed by atoms with Gasteiger partial charge in [0.1, 0.15) is 16.2 Å². The third-order valence-corrected chi connectivity index (χ3v) is 3.64. The molecule has 0 spiro atoms. The van der Waals surface area contributed by atoms with E-state index in [-0.39, 0.29) is 11.7 Å². The number of hydrogen-bond acceptors (Lipinski definition) is 3. The summed E-state index contributed by atoms with van der Waals surface area (Å²) in [7, 11) is 1.50. The van der Waals surface area contributed by atoms with Gasteiger partial charge in [0.25, 0.3) is 5.91 Å². The molecule has 21 heavy (non-hydrogen) atoms. The predicted octanol–water partition coefficient (Wildman–Crippen LogP) is 3.48. The molecule has 1 unspecified atom stereocenters. The smallest absolute Gasteiger partial charge is 0.254 e. The van der Waals surface area contributed by atoms with E-state index in [2.05, 4.69) is 26.2 Å². The Morgan fingerprint density at radius 1 is 1.43 bits per heavy atom. The number of ether oxygens (including phenoxy) is 1. The van der Waals surface area contributed by atoms with Gasteiger partial charge in [0.2, 0.25) is 0 Å². The molecule has 110 valence electrons. The lowest BCUT2D eigenvalue weighted by Crippen LogP contribution is -2.27. The number of amides is 1. The number of pyridine rings is 1. The average molecular weight is 353 g/mol. The molecule has 6 heteroatoms. The van der Waals surface area contributed by atoms with Crippen molar-refractivity contribution >= 4 is 21.8 Å². The summed E-state index contributed by atoms with van der Waals surface area (Å²) in [4.78, 5) is 16.2. The third kappa shape index (κ3) is 3.58. The molecular weight excluding hydrogens is 339 g/mol. The number of nitrogens with one attached hydrogen (secondary N) is 1. The standard InChI is InChI=1S/C15H14BrFN2O2/c1-9(12-8-10(17)5-6-13(12)21-2)19-15(20)11-4-3-7-18-14(11)16/h3-9H,1-2H3,(H,19,20). The highest BCUT2D eigenvalue weighted by Gasteiger charge is 2.17. The first kappa shape index (κ1) is 15.4. The lowest BCUT2D eigenvalue weighted by molar-refractivity contribution is 0.0938. The third-order valence-electron chi connectivity index (χ3n) is 3.01. The van der Waals surface area contributed by atoms with Crippen LogP contribution in [0.4, 0.5) is 4.39 Å². The number of hydrogen-bond donors (Lipinski definition) is 1. The Bertz CT molecular complexity index is 664. The maximum atomic E-state index is 13.4. The molecule has 1 N–H and O–H groups in total. The fourth-order valence-electron chi connectivity index (χ4n) is 1.95. The summed E-state index contributed by atoms with van der Waals surface area (Å²) in [5, 5.41) is 2.80. The van der Waals surface area contributed by atoms with E-state index in [9.17, 15) is 9.18 Å². The molecule has 2 rings (SSSR count). The maximum Gasteiger partial charge on any atom is 0.254 e. The Morgan fingerprint density at radius 2 is 2.19 bits per heavy atom. The molecule has 0 saturated carbocycles. The SMILES string of the molecule is COc1ccc(F)cc1C(C)NC(=O)c1cccnc1Br. The van der Waals surface area contributed by atoms with Crippen molar-refractivity contribution in [1.82, 2.24) is 10.3 Å². The molecule has 0 aliphatic carbocycles. The van der Waals surface area contributed by atoms with Gasteiger partial charge < -0.3 is 10.1 Å². The van der Waals surface area contributed by atoms with E-state index in [0.717, 1.165) is 0 Å². The van der Waals surface area contributed by atoms with Crippen LogP contribution in [-0.2, 0) is 0 Å². The van der Waals surface area contributed by atoms with Gasteiger partial charge in [-0.15, -0.1) is 0 Å². The van der Waals surface area contributed by atoms with Gasteiger partial charge in [-0.2, -0.15) is 0 Å². The van der Waals surface area contributed by atoms with Crippen LogP contribution < -0.4 is 10.1 Å². The molecule has 0 aliphatic heterocycles. The lowest BCUT2D eigenvalue weighted by atomic mass is 10.1. The Balaban J connectivity index is 2.22. The highest BCUT2D eigenvalue weighted by atomic mass is 79.9. The van der Waals surface area contributed by atoms with Crippen molar-refractivity contribution in [3.8, 4) is 5.75 Å². The quantitative estimate of drug-likeness (QED) is 0.857. The van der Waals surface area contributed by atoms with Crippen molar-refractivity contribution in [3.63, 3.8) is 0 Å². The molecule has 4 nitrogen and oxygen atoms in total. The number of aromatic nitrogens is 1. The van der Waals surface area contributed by atoms with Gasteiger partial charge in [-0.3, -0.25) is 4.79 Å². The largest absolute Gasteiger partial charge is 0.496 e. The zero-order chi connectivity index (χ0) is 15.4. The summed E-state index contributed by atoms with van der Waals surface area (Å²) in [5.41, 5.74) is 0.991. The van der Waals surface area contributed by atoms with E-state index in [1.165, 1.54) is 25.3 Å². The summed E-state index contributed by atoms with van der Waals surface area (Å²) in [6, 6.07) is 7.12. The highest BCUT2D eigenvalue weighted by molar-refractivity contribution is 9.10. The van der Waals surface area contributed by atoms with Crippen LogP contribution in [0, 0.1) is 5.82 Å². The van der Waals surface area contributed by atoms with Crippen LogP contribution in [0.1, 0.15) is 28.9 Å². The van der Waals surface area contributed by atoms with Crippen LogP contribution in [0.25, 0.3) is 0 Å². The van der Waals surface area contributed by atoms with Gasteiger partial charge in [0.05, 0.1) is 18.7 Å². The van der Waals surface area contributed by atoms with Gasteiger partial charge in [0.15, 0.2) is 0 Å². The molecule has 1 aromatic carbocycles. The minimum Gasteiger partial charge on any atom is -0.496 e.